The average molecular weight is 490 g/mol. The van der Waals surface area contributed by atoms with Crippen LogP contribution in [0.25, 0.3) is 0 Å². The first-order valence-corrected chi connectivity index (χ1v) is 12.8. The summed E-state index contributed by atoms with van der Waals surface area (Å²) in [4.78, 5) is 29.6. The van der Waals surface area contributed by atoms with E-state index in [1.165, 1.54) is 6.42 Å². The van der Waals surface area contributed by atoms with Gasteiger partial charge in [0.15, 0.2) is 0 Å². The molecule has 6 rings (SSSR count). The van der Waals surface area contributed by atoms with Crippen LogP contribution in [0, 0.1) is 0 Å². The highest BCUT2D eigenvalue weighted by atomic mass is 16.5. The van der Waals surface area contributed by atoms with Gasteiger partial charge in [0.1, 0.15) is 24.0 Å². The second kappa shape index (κ2) is 9.54. The molecular weight excluding hydrogens is 458 g/mol. The lowest BCUT2D eigenvalue weighted by Gasteiger charge is -2.47. The molecule has 4 aliphatic rings. The number of carbonyl (C=O) groups is 2. The van der Waals surface area contributed by atoms with Gasteiger partial charge in [0.2, 0.25) is 11.8 Å². The summed E-state index contributed by atoms with van der Waals surface area (Å²) in [5, 5.41) is 10.7. The van der Waals surface area contributed by atoms with E-state index >= 15 is 0 Å². The number of rotatable bonds is 6. The van der Waals surface area contributed by atoms with Gasteiger partial charge in [0.25, 0.3) is 5.91 Å². The Bertz CT molecular complexity index is 1170. The van der Waals surface area contributed by atoms with E-state index in [4.69, 9.17) is 9.47 Å². The van der Waals surface area contributed by atoms with Crippen LogP contribution in [0.4, 0.5) is 0 Å². The van der Waals surface area contributed by atoms with Gasteiger partial charge in [-0.1, -0.05) is 13.0 Å². The number of aromatic nitrogens is 2. The highest BCUT2D eigenvalue weighted by molar-refractivity contribution is 6.01. The number of amides is 2. The lowest BCUT2D eigenvalue weighted by Crippen LogP contribution is -2.62. The molecule has 1 N–H and O–H groups in total. The first-order valence-electron chi connectivity index (χ1n) is 12.8. The van der Waals surface area contributed by atoms with Gasteiger partial charge in [0.05, 0.1) is 0 Å². The predicted octanol–water partition coefficient (Wildman–Crippen LogP) is 2.68. The van der Waals surface area contributed by atoms with Gasteiger partial charge in [-0.3, -0.25) is 14.5 Å². The molecule has 1 saturated carbocycles. The second-order valence-electron chi connectivity index (χ2n) is 10.2. The third kappa shape index (κ3) is 4.43. The zero-order valence-electron chi connectivity index (χ0n) is 20.3. The van der Waals surface area contributed by atoms with Crippen LogP contribution in [0.3, 0.4) is 0 Å². The van der Waals surface area contributed by atoms with Crippen molar-refractivity contribution in [2.75, 3.05) is 13.1 Å². The van der Waals surface area contributed by atoms with E-state index in [-0.39, 0.29) is 24.0 Å². The molecule has 0 bridgehead atoms. The molecule has 1 unspecified atom stereocenters. The van der Waals surface area contributed by atoms with Crippen molar-refractivity contribution in [2.45, 2.75) is 69.4 Å². The Hall–Kier alpha value is -3.46. The van der Waals surface area contributed by atoms with Crippen LogP contribution in [0.5, 0.6) is 11.6 Å². The smallest absolute Gasteiger partial charge is 0.255 e. The maximum atomic E-state index is 13.0. The van der Waals surface area contributed by atoms with Crippen LogP contribution >= 0.6 is 0 Å². The highest BCUT2D eigenvalue weighted by Gasteiger charge is 2.41. The highest BCUT2D eigenvalue weighted by Crippen LogP contribution is 2.34. The predicted molar refractivity (Wildman–Crippen MR) is 131 cm³/mol. The molecule has 3 fully saturated rings. The minimum Gasteiger partial charge on any atom is -0.489 e. The quantitative estimate of drug-likeness (QED) is 0.666. The third-order valence-electron chi connectivity index (χ3n) is 7.74. The van der Waals surface area contributed by atoms with Crippen LogP contribution < -0.4 is 14.8 Å². The van der Waals surface area contributed by atoms with E-state index in [1.807, 2.05) is 30.3 Å². The standard InChI is InChI=1S/C27H31N5O4/c1-17-8-11-23(26(33)29-17)32-14-18-13-19(9-10-21(18)27(32)34)35-24-6-3-2-5-22(24)31-15-20(16-31)36-25-7-4-12-28-30-25/h4,7,9-10,12-13,20,22-24H,1-3,5-6,8,11,14-16H2,(H,29,33)/t22-,23?,24+/m0/s1. The summed E-state index contributed by atoms with van der Waals surface area (Å²) in [5.74, 6) is 1.12. The Labute approximate surface area is 210 Å². The number of ether oxygens (including phenoxy) is 2. The summed E-state index contributed by atoms with van der Waals surface area (Å²) in [5.41, 5.74) is 2.29. The molecule has 0 spiro atoms. The molecule has 3 atom stereocenters. The normalized spacial score (nSPS) is 26.8. The van der Waals surface area contributed by atoms with Gasteiger partial charge in [-0.05, 0) is 61.9 Å². The molecule has 0 radical (unpaired) electrons. The van der Waals surface area contributed by atoms with Crippen molar-refractivity contribution in [3.05, 3.63) is 59.9 Å². The van der Waals surface area contributed by atoms with Crippen LogP contribution in [-0.4, -0.2) is 69.2 Å². The monoisotopic (exact) mass is 489 g/mol. The van der Waals surface area contributed by atoms with Gasteiger partial charge >= 0.3 is 0 Å². The minimum absolute atomic E-state index is 0.0884. The Balaban J connectivity index is 1.09. The van der Waals surface area contributed by atoms with Gasteiger partial charge in [0, 0.05) is 49.2 Å². The SMILES string of the molecule is C=C1CCC(N2Cc3cc(O[C@@H]4CCCC[C@@H]4N4CC(Oc5cccnn5)C4)ccc3C2=O)C(=O)N1. The summed E-state index contributed by atoms with van der Waals surface area (Å²) in [7, 11) is 0. The lowest BCUT2D eigenvalue weighted by atomic mass is 9.89. The lowest BCUT2D eigenvalue weighted by molar-refractivity contribution is -0.126. The molecule has 1 aliphatic carbocycles. The average Bonchev–Trinajstić information content (AvgIpc) is 3.18. The van der Waals surface area contributed by atoms with E-state index in [1.54, 1.807) is 11.1 Å². The number of piperidine rings is 1. The van der Waals surface area contributed by atoms with Gasteiger partial charge in [-0.15, -0.1) is 5.10 Å². The number of hydrogen-bond acceptors (Lipinski definition) is 7. The first kappa shape index (κ1) is 23.0. The Morgan fingerprint density at radius 3 is 2.72 bits per heavy atom. The molecule has 1 aromatic heterocycles. The van der Waals surface area contributed by atoms with E-state index in [0.717, 1.165) is 43.7 Å². The Morgan fingerprint density at radius 2 is 1.92 bits per heavy atom. The fourth-order valence-electron chi connectivity index (χ4n) is 5.85. The summed E-state index contributed by atoms with van der Waals surface area (Å²) in [6, 6.07) is 9.27. The van der Waals surface area contributed by atoms with Crippen molar-refractivity contribution >= 4 is 11.8 Å². The Kier molecular flexibility index (Phi) is 6.08. The third-order valence-corrected chi connectivity index (χ3v) is 7.74. The topological polar surface area (TPSA) is 96.9 Å². The molecular formula is C27H31N5O4. The molecule has 9 heteroatoms. The van der Waals surface area contributed by atoms with Crippen LogP contribution in [0.2, 0.25) is 0 Å². The fourth-order valence-corrected chi connectivity index (χ4v) is 5.85. The number of nitrogens with one attached hydrogen (secondary N) is 1. The van der Waals surface area contributed by atoms with Crippen LogP contribution in [0.15, 0.2) is 48.8 Å². The van der Waals surface area contributed by atoms with Crippen molar-refractivity contribution in [1.29, 1.82) is 0 Å². The zero-order chi connectivity index (χ0) is 24.6. The molecule has 4 heterocycles. The van der Waals surface area contributed by atoms with Gasteiger partial charge < -0.3 is 19.7 Å². The van der Waals surface area contributed by atoms with Gasteiger partial charge in [-0.25, -0.2) is 0 Å². The van der Waals surface area contributed by atoms with E-state index in [9.17, 15) is 9.59 Å². The van der Waals surface area contributed by atoms with Crippen molar-refractivity contribution in [3.8, 4) is 11.6 Å². The number of benzene rings is 1. The number of allylic oxidation sites excluding steroid dienone is 1. The van der Waals surface area contributed by atoms with Crippen molar-refractivity contribution in [1.82, 2.24) is 25.3 Å². The largest absolute Gasteiger partial charge is 0.489 e. The number of nitrogens with zero attached hydrogens (tertiary/aromatic N) is 4. The van der Waals surface area contributed by atoms with E-state index in [2.05, 4.69) is 27.0 Å². The molecule has 2 saturated heterocycles. The van der Waals surface area contributed by atoms with Gasteiger partial charge in [-0.2, -0.15) is 5.10 Å². The molecule has 1 aromatic carbocycles. The molecule has 9 nitrogen and oxygen atoms in total. The maximum Gasteiger partial charge on any atom is 0.255 e. The van der Waals surface area contributed by atoms with Crippen LogP contribution in [-0.2, 0) is 11.3 Å². The maximum absolute atomic E-state index is 13.0. The fraction of sp³-hybridized carbons (Fsp3) is 0.481. The van der Waals surface area contributed by atoms with Crippen molar-refractivity contribution in [2.24, 2.45) is 0 Å². The number of likely N-dealkylation sites (tertiary alicyclic amines) is 1. The summed E-state index contributed by atoms with van der Waals surface area (Å²) in [6.45, 7) is 5.97. The zero-order valence-corrected chi connectivity index (χ0v) is 20.3. The van der Waals surface area contributed by atoms with Crippen molar-refractivity contribution in [3.63, 3.8) is 0 Å². The van der Waals surface area contributed by atoms with Crippen LogP contribution in [0.1, 0.15) is 54.4 Å². The van der Waals surface area contributed by atoms with Crippen molar-refractivity contribution < 1.29 is 19.1 Å². The first-order chi connectivity index (χ1) is 17.5. The molecule has 2 amide bonds. The number of hydrogen-bond donors (Lipinski definition) is 1. The number of carbonyl (C=O) groups excluding carboxylic acids is 2. The van der Waals surface area contributed by atoms with E-state index < -0.39 is 6.04 Å². The summed E-state index contributed by atoms with van der Waals surface area (Å²) in [6.07, 6.45) is 7.60. The molecule has 3 aliphatic heterocycles. The molecule has 2 aromatic rings. The minimum atomic E-state index is -0.453. The summed E-state index contributed by atoms with van der Waals surface area (Å²) < 4.78 is 12.5. The van der Waals surface area contributed by atoms with E-state index in [0.29, 0.717) is 42.6 Å². The summed E-state index contributed by atoms with van der Waals surface area (Å²) >= 11 is 0. The molecule has 36 heavy (non-hydrogen) atoms. The Morgan fingerprint density at radius 1 is 1.06 bits per heavy atom. The molecule has 188 valence electrons. The number of fused-ring (bicyclic) bond motifs is 1. The second-order valence-corrected chi connectivity index (χ2v) is 10.2.